The molecule has 0 spiro atoms. The van der Waals surface area contributed by atoms with E-state index in [2.05, 4.69) is 49.5 Å². The van der Waals surface area contributed by atoms with Crippen molar-refractivity contribution in [2.24, 2.45) is 0 Å². The average molecular weight is 876 g/mol. The van der Waals surface area contributed by atoms with E-state index in [1.54, 1.807) is 0 Å². The van der Waals surface area contributed by atoms with Gasteiger partial charge >= 0.3 is 0 Å². The summed E-state index contributed by atoms with van der Waals surface area (Å²) >= 11 is 0. The molecule has 0 aromatic rings. The maximum atomic E-state index is 4.63. The van der Waals surface area contributed by atoms with E-state index in [4.69, 9.17) is 0 Å². The molecule has 1 heterocycles. The highest BCUT2D eigenvalue weighted by Gasteiger charge is 2.04. The van der Waals surface area contributed by atoms with E-state index in [9.17, 15) is 0 Å². The normalized spacial score (nSPS) is 12.9. The summed E-state index contributed by atoms with van der Waals surface area (Å²) in [7, 11) is 0. The molecule has 1 aliphatic rings. The zero-order valence-electron chi connectivity index (χ0n) is 43.7. The number of rotatable bonds is 54. The zero-order chi connectivity index (χ0) is 44.9. The van der Waals surface area contributed by atoms with Crippen LogP contribution < -0.4 is 5.32 Å². The van der Waals surface area contributed by atoms with E-state index in [1.807, 2.05) is 6.20 Å². The first-order valence-corrected chi connectivity index (χ1v) is 29.8. The summed E-state index contributed by atoms with van der Waals surface area (Å²) in [6.07, 6.45) is 88.6. The summed E-state index contributed by atoms with van der Waals surface area (Å²) in [5.74, 6) is 0. The standard InChI is InChI=1S/C62H116N/c1-3-5-7-9-11-13-15-17-19-21-23-25-27-29-31-33-35-37-39-41-43-45-47-49-51-53-55-57-61-59-60-63-62(61)58-56-54-52-50-48-46-44-42-40-38-36-34-32-30-28-26-24-22-20-18-16-14-12-10-8-6-4-2/h55-60H,3-54H2,1-2H3/b57-55+,58-56+. The van der Waals surface area contributed by atoms with Crippen molar-refractivity contribution < 1.29 is 0 Å². The number of nitrogens with zero attached hydrogens (tertiary/aromatic N) is 1. The van der Waals surface area contributed by atoms with E-state index >= 15 is 0 Å². The molecule has 1 radical (unpaired) electrons. The van der Waals surface area contributed by atoms with Crippen molar-refractivity contribution in [3.63, 3.8) is 0 Å². The Morgan fingerprint density at radius 1 is 0.270 bits per heavy atom. The summed E-state index contributed by atoms with van der Waals surface area (Å²) in [6.45, 7) is 4.62. The number of hydrogen-bond acceptors (Lipinski definition) is 0. The molecular formula is C62H116N. The van der Waals surface area contributed by atoms with E-state index in [1.165, 1.54) is 339 Å². The summed E-state index contributed by atoms with van der Waals surface area (Å²) in [5.41, 5.74) is 2.45. The minimum Gasteiger partial charge on any atom is -0.256 e. The van der Waals surface area contributed by atoms with Gasteiger partial charge in [0.2, 0.25) is 0 Å². The molecule has 1 nitrogen and oxygen atoms in total. The molecule has 0 aromatic carbocycles. The average Bonchev–Trinajstić information content (AvgIpc) is 3.75. The van der Waals surface area contributed by atoms with Crippen molar-refractivity contribution >= 4 is 0 Å². The Labute approximate surface area is 399 Å². The second kappa shape index (κ2) is 53.4. The molecule has 0 bridgehead atoms. The highest BCUT2D eigenvalue weighted by atomic mass is 14.9. The van der Waals surface area contributed by atoms with E-state index in [0.29, 0.717) is 0 Å². The zero-order valence-corrected chi connectivity index (χ0v) is 43.7. The topological polar surface area (TPSA) is 14.1 Å². The molecule has 0 unspecified atom stereocenters. The van der Waals surface area contributed by atoms with Crippen LogP contribution in [-0.2, 0) is 0 Å². The Hall–Kier alpha value is -1.24. The first kappa shape index (κ1) is 59.8. The van der Waals surface area contributed by atoms with Gasteiger partial charge in [-0.3, -0.25) is 5.32 Å². The molecule has 369 valence electrons. The molecule has 0 saturated carbocycles. The lowest BCUT2D eigenvalue weighted by molar-refractivity contribution is 0.516. The van der Waals surface area contributed by atoms with Crippen LogP contribution in [-0.4, -0.2) is 0 Å². The molecule has 1 aliphatic heterocycles. The van der Waals surface area contributed by atoms with Crippen LogP contribution in [0.1, 0.15) is 348 Å². The lowest BCUT2D eigenvalue weighted by Gasteiger charge is -2.04. The molecule has 0 aromatic heterocycles. The van der Waals surface area contributed by atoms with Gasteiger partial charge in [0.25, 0.3) is 0 Å². The lowest BCUT2D eigenvalue weighted by atomic mass is 10.0. The molecular weight excluding hydrogens is 759 g/mol. The second-order valence-corrected chi connectivity index (χ2v) is 20.6. The van der Waals surface area contributed by atoms with E-state index < -0.39 is 0 Å². The van der Waals surface area contributed by atoms with Crippen LogP contribution in [0.15, 0.2) is 47.9 Å². The van der Waals surface area contributed by atoms with Crippen molar-refractivity contribution in [1.82, 2.24) is 5.32 Å². The monoisotopic (exact) mass is 875 g/mol. The maximum absolute atomic E-state index is 4.63. The molecule has 0 amide bonds. The highest BCUT2D eigenvalue weighted by molar-refractivity contribution is 5.44. The first-order valence-electron chi connectivity index (χ1n) is 29.8. The molecule has 0 fully saturated rings. The van der Waals surface area contributed by atoms with E-state index in [0.717, 1.165) is 5.70 Å². The summed E-state index contributed by atoms with van der Waals surface area (Å²) in [6, 6.07) is 0. The van der Waals surface area contributed by atoms with Gasteiger partial charge in [-0.1, -0.05) is 340 Å². The number of unbranched alkanes of at least 4 members (excludes halogenated alkanes) is 50. The van der Waals surface area contributed by atoms with Crippen molar-refractivity contribution in [3.8, 4) is 0 Å². The van der Waals surface area contributed by atoms with Crippen LogP contribution in [0.3, 0.4) is 0 Å². The van der Waals surface area contributed by atoms with Crippen LogP contribution in [0.4, 0.5) is 0 Å². The van der Waals surface area contributed by atoms with Crippen molar-refractivity contribution in [2.75, 3.05) is 0 Å². The van der Waals surface area contributed by atoms with Crippen LogP contribution in [0.25, 0.3) is 0 Å². The Bertz CT molecular complexity index is 983. The third kappa shape index (κ3) is 47.1. The van der Waals surface area contributed by atoms with Crippen LogP contribution in [0.5, 0.6) is 0 Å². The van der Waals surface area contributed by atoms with Gasteiger partial charge in [0.1, 0.15) is 0 Å². The Balaban J connectivity index is 1.78. The molecule has 63 heavy (non-hydrogen) atoms. The molecule has 1 rings (SSSR count). The summed E-state index contributed by atoms with van der Waals surface area (Å²) in [4.78, 5) is 0. The molecule has 0 atom stereocenters. The minimum atomic E-state index is 1.15. The first-order chi connectivity index (χ1) is 31.4. The third-order valence-corrected chi connectivity index (χ3v) is 14.3. The van der Waals surface area contributed by atoms with Gasteiger partial charge in [-0.2, -0.15) is 0 Å². The van der Waals surface area contributed by atoms with Crippen LogP contribution in [0, 0.1) is 0 Å². The molecule has 0 aliphatic carbocycles. The molecule has 0 saturated heterocycles. The van der Waals surface area contributed by atoms with Gasteiger partial charge in [0.15, 0.2) is 0 Å². The van der Waals surface area contributed by atoms with Crippen molar-refractivity contribution in [2.45, 2.75) is 348 Å². The third-order valence-electron chi connectivity index (χ3n) is 14.3. The quantitative estimate of drug-likeness (QED) is 0.0541. The minimum absolute atomic E-state index is 1.15. The number of allylic oxidation sites excluding steroid dienone is 6. The van der Waals surface area contributed by atoms with Crippen LogP contribution >= 0.6 is 0 Å². The van der Waals surface area contributed by atoms with Gasteiger partial charge in [-0.25, -0.2) is 0 Å². The maximum Gasteiger partial charge on any atom is 0.0699 e. The Kier molecular flexibility index (Phi) is 50.6. The summed E-state index contributed by atoms with van der Waals surface area (Å²) in [5, 5.41) is 4.63. The Morgan fingerprint density at radius 3 is 0.714 bits per heavy atom. The predicted molar refractivity (Wildman–Crippen MR) is 288 cm³/mol. The number of hydrogen-bond donors (Lipinski definition) is 0. The van der Waals surface area contributed by atoms with E-state index in [-0.39, 0.29) is 0 Å². The predicted octanol–water partition coefficient (Wildman–Crippen LogP) is 22.8. The van der Waals surface area contributed by atoms with Gasteiger partial charge in [0, 0.05) is 11.8 Å². The largest absolute Gasteiger partial charge is 0.256 e. The fourth-order valence-corrected chi connectivity index (χ4v) is 9.85. The molecule has 1 heteroatoms. The van der Waals surface area contributed by atoms with Crippen LogP contribution in [0.2, 0.25) is 0 Å². The molecule has 0 N–H and O–H groups in total. The fraction of sp³-hybridized carbons (Fsp3) is 0.871. The second-order valence-electron chi connectivity index (χ2n) is 20.6. The van der Waals surface area contributed by atoms with Gasteiger partial charge < -0.3 is 0 Å². The van der Waals surface area contributed by atoms with Gasteiger partial charge in [-0.05, 0) is 37.8 Å². The Morgan fingerprint density at radius 2 is 0.476 bits per heavy atom. The highest BCUT2D eigenvalue weighted by Crippen LogP contribution is 2.20. The van der Waals surface area contributed by atoms with Gasteiger partial charge in [-0.15, -0.1) is 0 Å². The smallest absolute Gasteiger partial charge is 0.0699 e. The van der Waals surface area contributed by atoms with Gasteiger partial charge in [0.05, 0.1) is 5.70 Å². The SMILES string of the molecule is CCCCCCCCCCCCCCCCCCCCCCCCCCC/C=C/C1=C(/C=C/CCCCCCCCCCCCCCCCCCCCCCCCCCC)[N]C=C1. The van der Waals surface area contributed by atoms with Crippen molar-refractivity contribution in [3.05, 3.63) is 47.9 Å². The fourth-order valence-electron chi connectivity index (χ4n) is 9.85. The van der Waals surface area contributed by atoms with Crippen molar-refractivity contribution in [1.29, 1.82) is 0 Å². The lowest BCUT2D eigenvalue weighted by Crippen LogP contribution is -1.89. The summed E-state index contributed by atoms with van der Waals surface area (Å²) < 4.78 is 0.